The molecule has 1 amide bonds. The van der Waals surface area contributed by atoms with Gasteiger partial charge in [-0.3, -0.25) is 9.69 Å². The van der Waals surface area contributed by atoms with Gasteiger partial charge in [0.2, 0.25) is 5.91 Å². The van der Waals surface area contributed by atoms with Crippen molar-refractivity contribution in [3.05, 3.63) is 22.4 Å². The molecular formula is C18H28N2OS. The average Bonchev–Trinajstić information content (AvgIpc) is 3.26. The summed E-state index contributed by atoms with van der Waals surface area (Å²) in [6.07, 6.45) is 7.73. The maximum atomic E-state index is 12.6. The zero-order valence-electron chi connectivity index (χ0n) is 13.7. The zero-order chi connectivity index (χ0) is 15.4. The van der Waals surface area contributed by atoms with Gasteiger partial charge in [0, 0.05) is 29.9 Å². The van der Waals surface area contributed by atoms with Crippen molar-refractivity contribution in [1.29, 1.82) is 0 Å². The second kappa shape index (κ2) is 7.60. The van der Waals surface area contributed by atoms with Crippen molar-refractivity contribution in [1.82, 2.24) is 9.80 Å². The van der Waals surface area contributed by atoms with Crippen LogP contribution in [0.4, 0.5) is 0 Å². The Bertz CT molecular complexity index is 473. The first-order valence-electron chi connectivity index (χ1n) is 8.85. The number of likely N-dealkylation sites (N-methyl/N-ethyl adjacent to an activating group) is 1. The second-order valence-corrected chi connectivity index (χ2v) is 7.60. The van der Waals surface area contributed by atoms with Crippen LogP contribution < -0.4 is 0 Å². The minimum Gasteiger partial charge on any atom is -0.338 e. The number of carbonyl (C=O) groups is 1. The predicted molar refractivity (Wildman–Crippen MR) is 92.3 cm³/mol. The first-order valence-corrected chi connectivity index (χ1v) is 9.73. The largest absolute Gasteiger partial charge is 0.338 e. The summed E-state index contributed by atoms with van der Waals surface area (Å²) in [7, 11) is 0. The minimum atomic E-state index is 0.391. The van der Waals surface area contributed by atoms with Gasteiger partial charge in [-0.25, -0.2) is 0 Å². The number of hydrogen-bond acceptors (Lipinski definition) is 3. The van der Waals surface area contributed by atoms with Gasteiger partial charge in [0.15, 0.2) is 0 Å². The van der Waals surface area contributed by atoms with Crippen LogP contribution in [0, 0.1) is 0 Å². The summed E-state index contributed by atoms with van der Waals surface area (Å²) in [5, 5.41) is 2.12. The van der Waals surface area contributed by atoms with Crippen LogP contribution in [-0.2, 0) is 11.2 Å². The number of likely N-dealkylation sites (tertiary alicyclic amines) is 2. The molecule has 3 nitrogen and oxygen atoms in total. The number of carbonyl (C=O) groups excluding carboxylic acids is 1. The van der Waals surface area contributed by atoms with Gasteiger partial charge in [-0.15, -0.1) is 11.3 Å². The Morgan fingerprint density at radius 1 is 1.27 bits per heavy atom. The molecule has 0 saturated carbocycles. The van der Waals surface area contributed by atoms with Crippen molar-refractivity contribution >= 4 is 17.2 Å². The van der Waals surface area contributed by atoms with E-state index in [1.807, 2.05) is 0 Å². The highest BCUT2D eigenvalue weighted by molar-refractivity contribution is 7.09. The molecule has 2 unspecified atom stereocenters. The topological polar surface area (TPSA) is 23.6 Å². The molecule has 4 heteroatoms. The monoisotopic (exact) mass is 320 g/mol. The number of rotatable bonds is 6. The molecule has 22 heavy (non-hydrogen) atoms. The van der Waals surface area contributed by atoms with E-state index in [1.54, 1.807) is 11.3 Å². The Morgan fingerprint density at radius 3 is 2.86 bits per heavy atom. The van der Waals surface area contributed by atoms with Crippen LogP contribution in [0.1, 0.15) is 50.3 Å². The van der Waals surface area contributed by atoms with Crippen molar-refractivity contribution in [2.45, 2.75) is 64.0 Å². The molecule has 2 atom stereocenters. The van der Waals surface area contributed by atoms with Gasteiger partial charge in [0.25, 0.3) is 0 Å². The van der Waals surface area contributed by atoms with E-state index >= 15 is 0 Å². The van der Waals surface area contributed by atoms with Gasteiger partial charge in [0.05, 0.1) is 0 Å². The van der Waals surface area contributed by atoms with Gasteiger partial charge < -0.3 is 4.90 Å². The Labute approximate surface area is 138 Å². The molecule has 0 radical (unpaired) electrons. The maximum Gasteiger partial charge on any atom is 0.222 e. The van der Waals surface area contributed by atoms with Gasteiger partial charge in [-0.05, 0) is 63.1 Å². The third-order valence-electron chi connectivity index (χ3n) is 5.28. The number of aryl methyl sites for hydroxylation is 1. The predicted octanol–water partition coefficient (Wildman–Crippen LogP) is 3.55. The first kappa shape index (κ1) is 16.0. The highest BCUT2D eigenvalue weighted by Gasteiger charge is 2.38. The molecule has 1 aromatic rings. The smallest absolute Gasteiger partial charge is 0.222 e. The first-order chi connectivity index (χ1) is 10.8. The van der Waals surface area contributed by atoms with E-state index in [4.69, 9.17) is 0 Å². The molecule has 122 valence electrons. The lowest BCUT2D eigenvalue weighted by atomic mass is 10.0. The average molecular weight is 321 g/mol. The van der Waals surface area contributed by atoms with Crippen LogP contribution in [0.25, 0.3) is 0 Å². The minimum absolute atomic E-state index is 0.391. The second-order valence-electron chi connectivity index (χ2n) is 6.57. The van der Waals surface area contributed by atoms with Gasteiger partial charge in [-0.1, -0.05) is 13.0 Å². The third kappa shape index (κ3) is 3.54. The summed E-state index contributed by atoms with van der Waals surface area (Å²) in [4.78, 5) is 18.8. The fraction of sp³-hybridized carbons (Fsp3) is 0.722. The van der Waals surface area contributed by atoms with E-state index in [0.29, 0.717) is 24.4 Å². The molecule has 1 aromatic heterocycles. The summed E-state index contributed by atoms with van der Waals surface area (Å²) in [6.45, 7) is 5.58. The molecule has 0 bridgehead atoms. The quantitative estimate of drug-likeness (QED) is 0.800. The molecule has 2 aliphatic heterocycles. The Kier molecular flexibility index (Phi) is 5.53. The summed E-state index contributed by atoms with van der Waals surface area (Å²) in [6, 6.07) is 5.37. The highest BCUT2D eigenvalue weighted by atomic mass is 32.1. The normalized spacial score (nSPS) is 26.0. The summed E-state index contributed by atoms with van der Waals surface area (Å²) >= 11 is 1.80. The fourth-order valence-electron chi connectivity index (χ4n) is 4.19. The number of thiophene rings is 1. The van der Waals surface area contributed by atoms with Crippen molar-refractivity contribution in [3.8, 4) is 0 Å². The van der Waals surface area contributed by atoms with Crippen LogP contribution in [-0.4, -0.2) is 47.4 Å². The lowest BCUT2D eigenvalue weighted by Crippen LogP contribution is -2.48. The molecule has 2 fully saturated rings. The van der Waals surface area contributed by atoms with Crippen LogP contribution in [0.15, 0.2) is 17.5 Å². The third-order valence-corrected chi connectivity index (χ3v) is 6.21. The van der Waals surface area contributed by atoms with E-state index in [-0.39, 0.29) is 0 Å². The van der Waals surface area contributed by atoms with E-state index in [2.05, 4.69) is 34.2 Å². The number of nitrogens with zero attached hydrogens (tertiary/aromatic N) is 2. The Morgan fingerprint density at radius 2 is 2.09 bits per heavy atom. The molecule has 3 rings (SSSR count). The molecule has 0 N–H and O–H groups in total. The Hall–Kier alpha value is -0.870. The lowest BCUT2D eigenvalue weighted by molar-refractivity contribution is -0.133. The number of amides is 1. The molecule has 2 saturated heterocycles. The molecule has 0 aromatic carbocycles. The molecule has 0 spiro atoms. The molecule has 3 heterocycles. The molecule has 0 aliphatic carbocycles. The van der Waals surface area contributed by atoms with Crippen LogP contribution in [0.2, 0.25) is 0 Å². The SMILES string of the molecule is CCN1CCCC1C1CCCN1C(=O)CCCc1cccs1. The van der Waals surface area contributed by atoms with Crippen molar-refractivity contribution in [3.63, 3.8) is 0 Å². The number of hydrogen-bond donors (Lipinski definition) is 0. The summed E-state index contributed by atoms with van der Waals surface area (Å²) in [5.74, 6) is 0.391. The molecular weight excluding hydrogens is 292 g/mol. The highest BCUT2D eigenvalue weighted by Crippen LogP contribution is 2.30. The summed E-state index contributed by atoms with van der Waals surface area (Å²) in [5.41, 5.74) is 0. The van der Waals surface area contributed by atoms with E-state index in [0.717, 1.165) is 25.9 Å². The zero-order valence-corrected chi connectivity index (χ0v) is 14.5. The lowest BCUT2D eigenvalue weighted by Gasteiger charge is -2.34. The van der Waals surface area contributed by atoms with E-state index < -0.39 is 0 Å². The van der Waals surface area contributed by atoms with Crippen molar-refractivity contribution < 1.29 is 4.79 Å². The van der Waals surface area contributed by atoms with Gasteiger partial charge >= 0.3 is 0 Å². The fourth-order valence-corrected chi connectivity index (χ4v) is 4.95. The van der Waals surface area contributed by atoms with Gasteiger partial charge in [-0.2, -0.15) is 0 Å². The van der Waals surface area contributed by atoms with Crippen molar-refractivity contribution in [2.24, 2.45) is 0 Å². The van der Waals surface area contributed by atoms with Crippen LogP contribution in [0.3, 0.4) is 0 Å². The summed E-state index contributed by atoms with van der Waals surface area (Å²) < 4.78 is 0. The standard InChI is InChI=1S/C18H28N2OS/c1-2-19-12-4-9-16(19)17-10-5-13-20(17)18(21)11-3-7-15-8-6-14-22-15/h6,8,14,16-17H,2-5,7,9-13H2,1H3. The van der Waals surface area contributed by atoms with Crippen LogP contribution >= 0.6 is 11.3 Å². The van der Waals surface area contributed by atoms with E-state index in [9.17, 15) is 4.79 Å². The van der Waals surface area contributed by atoms with Crippen LogP contribution in [0.5, 0.6) is 0 Å². The maximum absolute atomic E-state index is 12.6. The van der Waals surface area contributed by atoms with Crippen molar-refractivity contribution in [2.75, 3.05) is 19.6 Å². The van der Waals surface area contributed by atoms with E-state index in [1.165, 1.54) is 37.1 Å². The molecule has 2 aliphatic rings. The Balaban J connectivity index is 1.52. The van der Waals surface area contributed by atoms with Gasteiger partial charge in [0.1, 0.15) is 0 Å².